The molecule has 2 aromatic rings. The molecule has 0 aliphatic heterocycles. The summed E-state index contributed by atoms with van der Waals surface area (Å²) in [5.74, 6) is 0. The molecule has 1 unspecified atom stereocenters. The molecule has 0 aromatic heterocycles. The molecule has 0 radical (unpaired) electrons. The number of rotatable bonds is 5. The Balaban J connectivity index is 1.89. The molecule has 2 rings (SSSR count). The zero-order chi connectivity index (χ0) is 14.4. The lowest BCUT2D eigenvalue weighted by atomic mass is 10.1. The highest BCUT2D eigenvalue weighted by atomic mass is 35.5. The third-order valence-electron chi connectivity index (χ3n) is 3.08. The van der Waals surface area contributed by atoms with Gasteiger partial charge in [0, 0.05) is 22.6 Å². The highest BCUT2D eigenvalue weighted by Gasteiger charge is 2.08. The average Bonchev–Trinajstić information content (AvgIpc) is 2.44. The standard InChI is InChI=1S/C17H17Cl2N/c1-13(16-10-9-15(18)12-17(16)19)20-11-5-8-14-6-3-2-4-7-14/h2-10,12-13,20H,11H2,1H3. The second-order valence-electron chi connectivity index (χ2n) is 4.61. The van der Waals surface area contributed by atoms with Crippen molar-refractivity contribution >= 4 is 29.3 Å². The van der Waals surface area contributed by atoms with E-state index in [1.807, 2.05) is 30.3 Å². The lowest BCUT2D eigenvalue weighted by Crippen LogP contribution is -2.18. The Hall–Kier alpha value is -1.28. The molecule has 0 spiro atoms. The SMILES string of the molecule is CC(NCC=Cc1ccccc1)c1ccc(Cl)cc1Cl. The number of hydrogen-bond donors (Lipinski definition) is 1. The van der Waals surface area contributed by atoms with Crippen LogP contribution in [0.4, 0.5) is 0 Å². The molecule has 2 aromatic carbocycles. The molecule has 1 nitrogen and oxygen atoms in total. The van der Waals surface area contributed by atoms with Crippen molar-refractivity contribution in [1.82, 2.24) is 5.32 Å². The quantitative estimate of drug-likeness (QED) is 0.784. The highest BCUT2D eigenvalue weighted by molar-refractivity contribution is 6.35. The fraction of sp³-hybridized carbons (Fsp3) is 0.176. The summed E-state index contributed by atoms with van der Waals surface area (Å²) in [6, 6.07) is 16.0. The zero-order valence-corrected chi connectivity index (χ0v) is 12.8. The minimum Gasteiger partial charge on any atom is -0.307 e. The van der Waals surface area contributed by atoms with E-state index >= 15 is 0 Å². The van der Waals surface area contributed by atoms with E-state index < -0.39 is 0 Å². The maximum atomic E-state index is 6.19. The first-order chi connectivity index (χ1) is 9.66. The monoisotopic (exact) mass is 305 g/mol. The molecule has 1 atom stereocenters. The Bertz CT molecular complexity index is 579. The molecule has 20 heavy (non-hydrogen) atoms. The van der Waals surface area contributed by atoms with Crippen LogP contribution in [0.3, 0.4) is 0 Å². The summed E-state index contributed by atoms with van der Waals surface area (Å²) >= 11 is 12.1. The molecule has 1 N–H and O–H groups in total. The fourth-order valence-electron chi connectivity index (χ4n) is 1.97. The normalized spacial score (nSPS) is 12.8. The van der Waals surface area contributed by atoms with Gasteiger partial charge in [0.05, 0.1) is 0 Å². The number of halogens is 2. The van der Waals surface area contributed by atoms with Gasteiger partial charge in [-0.15, -0.1) is 0 Å². The van der Waals surface area contributed by atoms with Crippen molar-refractivity contribution in [2.45, 2.75) is 13.0 Å². The summed E-state index contributed by atoms with van der Waals surface area (Å²) in [6.07, 6.45) is 4.21. The van der Waals surface area contributed by atoms with E-state index in [0.29, 0.717) is 10.0 Å². The maximum absolute atomic E-state index is 6.19. The number of benzene rings is 2. The third-order valence-corrected chi connectivity index (χ3v) is 3.64. The Morgan fingerprint density at radius 3 is 2.55 bits per heavy atom. The minimum absolute atomic E-state index is 0.181. The third kappa shape index (κ3) is 4.38. The van der Waals surface area contributed by atoms with Crippen molar-refractivity contribution in [2.24, 2.45) is 0 Å². The molecule has 0 saturated carbocycles. The predicted molar refractivity (Wildman–Crippen MR) is 88.4 cm³/mol. The van der Waals surface area contributed by atoms with E-state index in [1.165, 1.54) is 5.56 Å². The van der Waals surface area contributed by atoms with E-state index in [-0.39, 0.29) is 6.04 Å². The van der Waals surface area contributed by atoms with Gasteiger partial charge in [-0.1, -0.05) is 71.8 Å². The largest absolute Gasteiger partial charge is 0.307 e. The zero-order valence-electron chi connectivity index (χ0n) is 11.3. The van der Waals surface area contributed by atoms with Gasteiger partial charge in [0.25, 0.3) is 0 Å². The smallest absolute Gasteiger partial charge is 0.0468 e. The van der Waals surface area contributed by atoms with Crippen LogP contribution in [0, 0.1) is 0 Å². The van der Waals surface area contributed by atoms with E-state index in [9.17, 15) is 0 Å². The van der Waals surface area contributed by atoms with Crippen LogP contribution in [0.1, 0.15) is 24.1 Å². The molecule has 0 saturated heterocycles. The second kappa shape index (κ2) is 7.49. The molecule has 0 fully saturated rings. The van der Waals surface area contributed by atoms with Crippen molar-refractivity contribution < 1.29 is 0 Å². The first-order valence-corrected chi connectivity index (χ1v) is 7.32. The van der Waals surface area contributed by atoms with Gasteiger partial charge in [0.15, 0.2) is 0 Å². The summed E-state index contributed by atoms with van der Waals surface area (Å²) in [6.45, 7) is 2.88. The van der Waals surface area contributed by atoms with E-state index in [4.69, 9.17) is 23.2 Å². The van der Waals surface area contributed by atoms with Crippen LogP contribution in [0.15, 0.2) is 54.6 Å². The van der Waals surface area contributed by atoms with Crippen molar-refractivity contribution in [3.05, 3.63) is 75.8 Å². The van der Waals surface area contributed by atoms with Gasteiger partial charge in [-0.2, -0.15) is 0 Å². The molecule has 0 amide bonds. The Labute approximate surface area is 130 Å². The van der Waals surface area contributed by atoms with Crippen molar-refractivity contribution in [3.63, 3.8) is 0 Å². The van der Waals surface area contributed by atoms with Gasteiger partial charge >= 0.3 is 0 Å². The van der Waals surface area contributed by atoms with Crippen molar-refractivity contribution in [1.29, 1.82) is 0 Å². The summed E-state index contributed by atoms with van der Waals surface area (Å²) in [7, 11) is 0. The van der Waals surface area contributed by atoms with E-state index in [0.717, 1.165) is 12.1 Å². The van der Waals surface area contributed by atoms with Crippen LogP contribution in [-0.2, 0) is 0 Å². The topological polar surface area (TPSA) is 12.0 Å². The highest BCUT2D eigenvalue weighted by Crippen LogP contribution is 2.25. The lowest BCUT2D eigenvalue weighted by molar-refractivity contribution is 0.618. The molecule has 0 aliphatic rings. The summed E-state index contributed by atoms with van der Waals surface area (Å²) in [4.78, 5) is 0. The summed E-state index contributed by atoms with van der Waals surface area (Å²) in [5.41, 5.74) is 2.26. The number of nitrogens with one attached hydrogen (secondary N) is 1. The van der Waals surface area contributed by atoms with Crippen molar-refractivity contribution in [3.8, 4) is 0 Å². The van der Waals surface area contributed by atoms with Crippen LogP contribution in [0.25, 0.3) is 6.08 Å². The first kappa shape index (κ1) is 15.1. The van der Waals surface area contributed by atoms with Gasteiger partial charge in [-0.05, 0) is 30.2 Å². The lowest BCUT2D eigenvalue weighted by Gasteiger charge is -2.14. The molecule has 104 valence electrons. The average molecular weight is 306 g/mol. The molecule has 0 aliphatic carbocycles. The van der Waals surface area contributed by atoms with Gasteiger partial charge in [0.2, 0.25) is 0 Å². The summed E-state index contributed by atoms with van der Waals surface area (Å²) in [5, 5.41) is 4.78. The molecule has 0 heterocycles. The molecular weight excluding hydrogens is 289 g/mol. The van der Waals surface area contributed by atoms with Gasteiger partial charge in [0.1, 0.15) is 0 Å². The van der Waals surface area contributed by atoms with Gasteiger partial charge < -0.3 is 5.32 Å². The van der Waals surface area contributed by atoms with E-state index in [2.05, 4.69) is 36.5 Å². The maximum Gasteiger partial charge on any atom is 0.0468 e. The van der Waals surface area contributed by atoms with Gasteiger partial charge in [-0.3, -0.25) is 0 Å². The summed E-state index contributed by atoms with van der Waals surface area (Å²) < 4.78 is 0. The fourth-order valence-corrected chi connectivity index (χ4v) is 2.54. The van der Waals surface area contributed by atoms with Crippen LogP contribution in [0.5, 0.6) is 0 Å². The van der Waals surface area contributed by atoms with Crippen molar-refractivity contribution in [2.75, 3.05) is 6.54 Å². The Morgan fingerprint density at radius 1 is 1.10 bits per heavy atom. The first-order valence-electron chi connectivity index (χ1n) is 6.57. The van der Waals surface area contributed by atoms with Crippen LogP contribution < -0.4 is 5.32 Å². The Morgan fingerprint density at radius 2 is 1.85 bits per heavy atom. The van der Waals surface area contributed by atoms with Crippen LogP contribution in [0.2, 0.25) is 10.0 Å². The molecule has 3 heteroatoms. The molecule has 0 bridgehead atoms. The minimum atomic E-state index is 0.181. The van der Waals surface area contributed by atoms with Gasteiger partial charge in [-0.25, -0.2) is 0 Å². The Kier molecular flexibility index (Phi) is 5.66. The molecular formula is C17H17Cl2N. The second-order valence-corrected chi connectivity index (χ2v) is 5.45. The predicted octanol–water partition coefficient (Wildman–Crippen LogP) is 5.36. The van der Waals surface area contributed by atoms with Crippen LogP contribution >= 0.6 is 23.2 Å². The van der Waals surface area contributed by atoms with Crippen LogP contribution in [-0.4, -0.2) is 6.54 Å². The number of hydrogen-bond acceptors (Lipinski definition) is 1. The van der Waals surface area contributed by atoms with E-state index in [1.54, 1.807) is 6.07 Å².